The SMILES string of the molecule is CCN(CCC(C)NC(=O)c1ccc2c(Oc3ccc(C(F)(F)F)cc3)cccc2c1)Cc1ccc(OC)cc1OC. The van der Waals surface area contributed by atoms with Gasteiger partial charge in [-0.15, -0.1) is 0 Å². The lowest BCUT2D eigenvalue weighted by Crippen LogP contribution is -2.36. The number of methoxy groups -OCH3 is 2. The number of alkyl halides is 3. The predicted octanol–water partition coefficient (Wildman–Crippen LogP) is 7.70. The molecule has 9 heteroatoms. The molecule has 4 aromatic rings. The quantitative estimate of drug-likeness (QED) is 0.186. The van der Waals surface area contributed by atoms with Gasteiger partial charge in [-0.1, -0.05) is 25.1 Å². The molecule has 0 saturated carbocycles. The minimum absolute atomic E-state index is 0.0608. The molecule has 0 heterocycles. The molecular formula is C33H35F3N2O4. The third kappa shape index (κ3) is 7.73. The van der Waals surface area contributed by atoms with Crippen molar-refractivity contribution in [2.45, 2.75) is 39.0 Å². The summed E-state index contributed by atoms with van der Waals surface area (Å²) < 4.78 is 55.3. The fourth-order valence-electron chi connectivity index (χ4n) is 4.65. The average molecular weight is 581 g/mol. The van der Waals surface area contributed by atoms with Crippen molar-refractivity contribution in [3.05, 3.63) is 95.6 Å². The molecular weight excluding hydrogens is 545 g/mol. The van der Waals surface area contributed by atoms with Crippen molar-refractivity contribution >= 4 is 16.7 Å². The van der Waals surface area contributed by atoms with E-state index in [1.54, 1.807) is 44.6 Å². The van der Waals surface area contributed by atoms with Crippen LogP contribution in [0.15, 0.2) is 78.9 Å². The van der Waals surface area contributed by atoms with E-state index in [1.807, 2.05) is 31.2 Å². The van der Waals surface area contributed by atoms with Crippen LogP contribution in [0.1, 0.15) is 41.8 Å². The standard InChI is InChI=1S/C33H35F3N2O4/c1-5-38(21-25-9-13-28(40-3)20-31(25)41-4)18-17-22(2)37-32(39)24-10-16-29-23(19-24)7-6-8-30(29)42-27-14-11-26(12-15-27)33(34,35)36/h6-16,19-20,22H,5,17-18,21H2,1-4H3,(H,37,39). The van der Waals surface area contributed by atoms with E-state index in [-0.39, 0.29) is 17.7 Å². The topological polar surface area (TPSA) is 60.0 Å². The first-order valence-corrected chi connectivity index (χ1v) is 13.7. The van der Waals surface area contributed by atoms with Gasteiger partial charge in [-0.2, -0.15) is 13.2 Å². The normalized spacial score (nSPS) is 12.3. The summed E-state index contributed by atoms with van der Waals surface area (Å²) in [4.78, 5) is 15.4. The first-order valence-electron chi connectivity index (χ1n) is 13.7. The molecule has 0 bridgehead atoms. The number of hydrogen-bond donors (Lipinski definition) is 1. The van der Waals surface area contributed by atoms with Crippen molar-refractivity contribution in [1.82, 2.24) is 10.2 Å². The zero-order chi connectivity index (χ0) is 30.3. The highest BCUT2D eigenvalue weighted by atomic mass is 19.4. The van der Waals surface area contributed by atoms with Gasteiger partial charge in [0.15, 0.2) is 0 Å². The van der Waals surface area contributed by atoms with E-state index >= 15 is 0 Å². The van der Waals surface area contributed by atoms with Crippen LogP contribution in [0, 0.1) is 0 Å². The van der Waals surface area contributed by atoms with E-state index in [9.17, 15) is 18.0 Å². The maximum Gasteiger partial charge on any atom is 0.416 e. The number of amides is 1. The molecule has 0 spiro atoms. The Morgan fingerprint density at radius 3 is 2.31 bits per heavy atom. The fraction of sp³-hybridized carbons (Fsp3) is 0.303. The van der Waals surface area contributed by atoms with Crippen LogP contribution in [0.4, 0.5) is 13.2 Å². The van der Waals surface area contributed by atoms with Crippen LogP contribution in [0.3, 0.4) is 0 Å². The number of nitrogens with one attached hydrogen (secondary N) is 1. The minimum atomic E-state index is -4.41. The van der Waals surface area contributed by atoms with E-state index < -0.39 is 11.7 Å². The monoisotopic (exact) mass is 580 g/mol. The van der Waals surface area contributed by atoms with Crippen LogP contribution in [0.25, 0.3) is 10.8 Å². The number of fused-ring (bicyclic) bond motifs is 1. The van der Waals surface area contributed by atoms with Crippen LogP contribution in [-0.2, 0) is 12.7 Å². The van der Waals surface area contributed by atoms with E-state index in [0.717, 1.165) is 59.5 Å². The summed E-state index contributed by atoms with van der Waals surface area (Å²) in [5.74, 6) is 2.11. The summed E-state index contributed by atoms with van der Waals surface area (Å²) >= 11 is 0. The van der Waals surface area contributed by atoms with Crippen LogP contribution >= 0.6 is 0 Å². The lowest BCUT2D eigenvalue weighted by Gasteiger charge is -2.24. The molecule has 0 aliphatic carbocycles. The smallest absolute Gasteiger partial charge is 0.416 e. The van der Waals surface area contributed by atoms with Crippen molar-refractivity contribution in [2.24, 2.45) is 0 Å². The predicted molar refractivity (Wildman–Crippen MR) is 158 cm³/mol. The Labute approximate surface area is 244 Å². The van der Waals surface area contributed by atoms with E-state index in [0.29, 0.717) is 17.9 Å². The van der Waals surface area contributed by atoms with Gasteiger partial charge in [0.2, 0.25) is 0 Å². The average Bonchev–Trinajstić information content (AvgIpc) is 2.98. The molecule has 0 aromatic heterocycles. The van der Waals surface area contributed by atoms with E-state index in [1.165, 1.54) is 12.1 Å². The fourth-order valence-corrected chi connectivity index (χ4v) is 4.65. The molecule has 1 amide bonds. The van der Waals surface area contributed by atoms with Crippen molar-refractivity contribution in [1.29, 1.82) is 0 Å². The second kappa shape index (κ2) is 13.6. The molecule has 222 valence electrons. The molecule has 0 radical (unpaired) electrons. The summed E-state index contributed by atoms with van der Waals surface area (Å²) in [6, 6.07) is 21.0. The van der Waals surface area contributed by atoms with Gasteiger partial charge in [0.25, 0.3) is 5.91 Å². The highest BCUT2D eigenvalue weighted by molar-refractivity contribution is 6.00. The summed E-state index contributed by atoms with van der Waals surface area (Å²) in [6.07, 6.45) is -3.65. The number of nitrogens with zero attached hydrogens (tertiary/aromatic N) is 1. The van der Waals surface area contributed by atoms with Crippen molar-refractivity contribution in [3.8, 4) is 23.0 Å². The first kappa shape index (κ1) is 30.7. The van der Waals surface area contributed by atoms with Gasteiger partial charge >= 0.3 is 6.18 Å². The van der Waals surface area contributed by atoms with Crippen LogP contribution < -0.4 is 19.5 Å². The number of rotatable bonds is 12. The summed E-state index contributed by atoms with van der Waals surface area (Å²) in [7, 11) is 3.27. The highest BCUT2D eigenvalue weighted by Gasteiger charge is 2.30. The molecule has 1 unspecified atom stereocenters. The molecule has 0 aliphatic rings. The molecule has 0 fully saturated rings. The van der Waals surface area contributed by atoms with Crippen LogP contribution in [0.2, 0.25) is 0 Å². The number of benzene rings is 4. The van der Waals surface area contributed by atoms with Crippen molar-refractivity contribution in [3.63, 3.8) is 0 Å². The molecule has 0 saturated heterocycles. The lowest BCUT2D eigenvalue weighted by molar-refractivity contribution is -0.137. The van der Waals surface area contributed by atoms with Gasteiger partial charge in [-0.25, -0.2) is 0 Å². The maximum absolute atomic E-state index is 13.1. The third-order valence-electron chi connectivity index (χ3n) is 7.10. The Kier molecular flexibility index (Phi) is 9.96. The zero-order valence-electron chi connectivity index (χ0n) is 24.1. The van der Waals surface area contributed by atoms with Gasteiger partial charge in [-0.3, -0.25) is 9.69 Å². The third-order valence-corrected chi connectivity index (χ3v) is 7.10. The van der Waals surface area contributed by atoms with Gasteiger partial charge in [-0.05, 0) is 79.9 Å². The molecule has 1 atom stereocenters. The van der Waals surface area contributed by atoms with Crippen LogP contribution in [0.5, 0.6) is 23.0 Å². The Morgan fingerprint density at radius 1 is 0.905 bits per heavy atom. The van der Waals surface area contributed by atoms with Gasteiger partial charge in [0, 0.05) is 41.7 Å². The Balaban J connectivity index is 1.36. The molecule has 4 rings (SSSR count). The van der Waals surface area contributed by atoms with Crippen LogP contribution in [-0.4, -0.2) is 44.2 Å². The second-order valence-corrected chi connectivity index (χ2v) is 10.0. The summed E-state index contributed by atoms with van der Waals surface area (Å²) in [6.45, 7) is 6.43. The zero-order valence-corrected chi connectivity index (χ0v) is 24.1. The molecule has 42 heavy (non-hydrogen) atoms. The Bertz CT molecular complexity index is 1510. The molecule has 4 aromatic carbocycles. The second-order valence-electron chi connectivity index (χ2n) is 10.0. The number of halogens is 3. The number of ether oxygens (including phenoxy) is 3. The van der Waals surface area contributed by atoms with Gasteiger partial charge < -0.3 is 19.5 Å². The maximum atomic E-state index is 13.1. The Morgan fingerprint density at radius 2 is 1.64 bits per heavy atom. The summed E-state index contributed by atoms with van der Waals surface area (Å²) in [5.41, 5.74) is 0.837. The molecule has 0 aliphatic heterocycles. The number of carbonyl (C=O) groups is 1. The lowest BCUT2D eigenvalue weighted by atomic mass is 10.1. The minimum Gasteiger partial charge on any atom is -0.497 e. The number of carbonyl (C=O) groups excluding carboxylic acids is 1. The van der Waals surface area contributed by atoms with Crippen molar-refractivity contribution in [2.75, 3.05) is 27.3 Å². The van der Waals surface area contributed by atoms with Gasteiger partial charge in [0.05, 0.1) is 19.8 Å². The molecule has 6 nitrogen and oxygen atoms in total. The van der Waals surface area contributed by atoms with E-state index in [2.05, 4.69) is 17.1 Å². The largest absolute Gasteiger partial charge is 0.497 e. The highest BCUT2D eigenvalue weighted by Crippen LogP contribution is 2.34. The number of hydrogen-bond acceptors (Lipinski definition) is 5. The Hall–Kier alpha value is -4.24. The summed E-state index contributed by atoms with van der Waals surface area (Å²) in [5, 5.41) is 4.61. The first-order chi connectivity index (χ1) is 20.1. The van der Waals surface area contributed by atoms with E-state index in [4.69, 9.17) is 14.2 Å². The van der Waals surface area contributed by atoms with Gasteiger partial charge in [0.1, 0.15) is 23.0 Å². The van der Waals surface area contributed by atoms with Crippen molar-refractivity contribution < 1.29 is 32.2 Å². The molecule has 1 N–H and O–H groups in total.